The van der Waals surface area contributed by atoms with Gasteiger partial charge in [0.15, 0.2) is 5.41 Å². The van der Waals surface area contributed by atoms with Gasteiger partial charge in [0.1, 0.15) is 0 Å². The Hall–Kier alpha value is -1.27. The molecule has 7 heteroatoms. The standard InChI is InChI=1S/C13H15F3N2O.ClH/c14-13(15,16)12(6-7-17-9-12)11(19)18-8-10-4-2-1-3-5-10;/h1-5,17H,6-9H2,(H,18,19);1H. The molecule has 2 rings (SSSR count). The summed E-state index contributed by atoms with van der Waals surface area (Å²) in [6.07, 6.45) is -4.74. The smallest absolute Gasteiger partial charge is 0.351 e. The van der Waals surface area contributed by atoms with Gasteiger partial charge < -0.3 is 10.6 Å². The fraction of sp³-hybridized carbons (Fsp3) is 0.462. The zero-order valence-electron chi connectivity index (χ0n) is 10.7. The first-order valence-corrected chi connectivity index (χ1v) is 6.05. The topological polar surface area (TPSA) is 41.1 Å². The molecule has 0 radical (unpaired) electrons. The molecule has 0 aliphatic carbocycles. The Labute approximate surface area is 121 Å². The molecule has 1 aliphatic rings. The highest BCUT2D eigenvalue weighted by Gasteiger charge is 2.61. The average molecular weight is 309 g/mol. The summed E-state index contributed by atoms with van der Waals surface area (Å²) in [5.74, 6) is -0.950. The number of carbonyl (C=O) groups excluding carboxylic acids is 1. The van der Waals surface area contributed by atoms with Crippen molar-refractivity contribution in [3.63, 3.8) is 0 Å². The van der Waals surface area contributed by atoms with Crippen LogP contribution in [0.2, 0.25) is 0 Å². The van der Waals surface area contributed by atoms with Crippen LogP contribution < -0.4 is 10.6 Å². The van der Waals surface area contributed by atoms with E-state index in [1.54, 1.807) is 24.3 Å². The Morgan fingerprint density at radius 1 is 1.30 bits per heavy atom. The summed E-state index contributed by atoms with van der Waals surface area (Å²) in [6.45, 7) is -0.0348. The van der Waals surface area contributed by atoms with Crippen LogP contribution in [0, 0.1) is 5.41 Å². The first-order valence-electron chi connectivity index (χ1n) is 6.05. The minimum atomic E-state index is -4.53. The van der Waals surface area contributed by atoms with Crippen molar-refractivity contribution in [2.75, 3.05) is 13.1 Å². The van der Waals surface area contributed by atoms with E-state index >= 15 is 0 Å². The van der Waals surface area contributed by atoms with E-state index in [0.717, 1.165) is 5.56 Å². The van der Waals surface area contributed by atoms with Crippen molar-refractivity contribution in [2.45, 2.75) is 19.1 Å². The number of alkyl halides is 3. The lowest BCUT2D eigenvalue weighted by Crippen LogP contribution is -2.52. The Bertz CT molecular complexity index is 445. The molecule has 1 aromatic carbocycles. The molecule has 3 nitrogen and oxygen atoms in total. The van der Waals surface area contributed by atoms with Gasteiger partial charge in [-0.15, -0.1) is 12.4 Å². The fourth-order valence-corrected chi connectivity index (χ4v) is 2.20. The molecule has 0 saturated carbocycles. The number of benzene rings is 1. The predicted octanol–water partition coefficient (Wildman–Crippen LogP) is 2.27. The molecule has 1 unspecified atom stereocenters. The number of carbonyl (C=O) groups is 1. The van der Waals surface area contributed by atoms with Crippen LogP contribution in [0.5, 0.6) is 0 Å². The van der Waals surface area contributed by atoms with Crippen LogP contribution in [0.1, 0.15) is 12.0 Å². The Balaban J connectivity index is 0.00000200. The van der Waals surface area contributed by atoms with Crippen molar-refractivity contribution < 1.29 is 18.0 Å². The third-order valence-corrected chi connectivity index (χ3v) is 3.43. The molecule has 1 aliphatic heterocycles. The molecule has 2 N–H and O–H groups in total. The van der Waals surface area contributed by atoms with Crippen LogP contribution in [0.4, 0.5) is 13.2 Å². The SMILES string of the molecule is Cl.O=C(NCc1ccccc1)C1(C(F)(F)F)CCNC1. The summed E-state index contributed by atoms with van der Waals surface area (Å²) in [5.41, 5.74) is -1.51. The Morgan fingerprint density at radius 2 is 1.95 bits per heavy atom. The Kier molecular flexibility index (Phi) is 5.42. The predicted molar refractivity (Wildman–Crippen MR) is 71.5 cm³/mol. The van der Waals surface area contributed by atoms with E-state index in [2.05, 4.69) is 10.6 Å². The molecular formula is C13H16ClF3N2O. The normalized spacial score (nSPS) is 22.1. The molecule has 1 heterocycles. The number of rotatable bonds is 3. The lowest BCUT2D eigenvalue weighted by Gasteiger charge is -2.29. The van der Waals surface area contributed by atoms with Crippen LogP contribution in [0.25, 0.3) is 0 Å². The van der Waals surface area contributed by atoms with Gasteiger partial charge in [0.2, 0.25) is 5.91 Å². The monoisotopic (exact) mass is 308 g/mol. The molecule has 0 aromatic heterocycles. The van der Waals surface area contributed by atoms with E-state index < -0.39 is 17.5 Å². The van der Waals surface area contributed by atoms with Gasteiger partial charge in [0.25, 0.3) is 0 Å². The third kappa shape index (κ3) is 3.24. The minimum Gasteiger partial charge on any atom is -0.351 e. The number of nitrogens with one attached hydrogen (secondary N) is 2. The maximum Gasteiger partial charge on any atom is 0.404 e. The van der Waals surface area contributed by atoms with Gasteiger partial charge >= 0.3 is 6.18 Å². The molecule has 112 valence electrons. The van der Waals surface area contributed by atoms with Crippen molar-refractivity contribution in [1.82, 2.24) is 10.6 Å². The van der Waals surface area contributed by atoms with E-state index in [1.165, 1.54) is 0 Å². The first-order chi connectivity index (χ1) is 8.96. The van der Waals surface area contributed by atoms with Gasteiger partial charge in [-0.2, -0.15) is 13.2 Å². The van der Waals surface area contributed by atoms with Crippen molar-refractivity contribution >= 4 is 18.3 Å². The van der Waals surface area contributed by atoms with Crippen LogP contribution in [0.15, 0.2) is 30.3 Å². The van der Waals surface area contributed by atoms with E-state index in [-0.39, 0.29) is 38.5 Å². The quantitative estimate of drug-likeness (QED) is 0.899. The number of halogens is 4. The summed E-state index contributed by atoms with van der Waals surface area (Å²) in [6, 6.07) is 8.88. The van der Waals surface area contributed by atoms with Crippen LogP contribution in [-0.2, 0) is 11.3 Å². The maximum atomic E-state index is 13.1. The zero-order valence-corrected chi connectivity index (χ0v) is 11.5. The summed E-state index contributed by atoms with van der Waals surface area (Å²) in [4.78, 5) is 11.9. The summed E-state index contributed by atoms with van der Waals surface area (Å²) < 4.78 is 39.3. The highest BCUT2D eigenvalue weighted by atomic mass is 35.5. The van der Waals surface area contributed by atoms with Crippen molar-refractivity contribution in [3.8, 4) is 0 Å². The van der Waals surface area contributed by atoms with Gasteiger partial charge in [0.05, 0.1) is 0 Å². The summed E-state index contributed by atoms with van der Waals surface area (Å²) in [7, 11) is 0. The second-order valence-corrected chi connectivity index (χ2v) is 4.67. The van der Waals surface area contributed by atoms with Crippen LogP contribution in [0.3, 0.4) is 0 Å². The molecule has 1 amide bonds. The second kappa shape index (κ2) is 6.45. The van der Waals surface area contributed by atoms with Gasteiger partial charge in [-0.3, -0.25) is 4.79 Å². The van der Waals surface area contributed by atoms with E-state index in [0.29, 0.717) is 0 Å². The highest BCUT2D eigenvalue weighted by molar-refractivity contribution is 5.85. The average Bonchev–Trinajstić information content (AvgIpc) is 2.87. The molecule has 0 bridgehead atoms. The molecule has 1 atom stereocenters. The Morgan fingerprint density at radius 3 is 2.45 bits per heavy atom. The third-order valence-electron chi connectivity index (χ3n) is 3.43. The van der Waals surface area contributed by atoms with E-state index in [4.69, 9.17) is 0 Å². The minimum absolute atomic E-state index is 0. The van der Waals surface area contributed by atoms with Gasteiger partial charge in [-0.1, -0.05) is 30.3 Å². The lowest BCUT2D eigenvalue weighted by atomic mass is 9.85. The maximum absolute atomic E-state index is 13.1. The molecule has 1 saturated heterocycles. The van der Waals surface area contributed by atoms with Gasteiger partial charge in [-0.05, 0) is 18.5 Å². The molecular weight excluding hydrogens is 293 g/mol. The molecule has 1 aromatic rings. The summed E-state index contributed by atoms with van der Waals surface area (Å²) in [5, 5.41) is 5.01. The van der Waals surface area contributed by atoms with Crippen LogP contribution in [-0.4, -0.2) is 25.2 Å². The van der Waals surface area contributed by atoms with Gasteiger partial charge in [-0.25, -0.2) is 0 Å². The van der Waals surface area contributed by atoms with Crippen molar-refractivity contribution in [1.29, 1.82) is 0 Å². The first kappa shape index (κ1) is 16.8. The molecule has 1 fully saturated rings. The largest absolute Gasteiger partial charge is 0.404 e. The van der Waals surface area contributed by atoms with Gasteiger partial charge in [0, 0.05) is 13.1 Å². The van der Waals surface area contributed by atoms with Crippen molar-refractivity contribution in [3.05, 3.63) is 35.9 Å². The van der Waals surface area contributed by atoms with Crippen LogP contribution >= 0.6 is 12.4 Å². The number of hydrogen-bond acceptors (Lipinski definition) is 2. The molecule has 0 spiro atoms. The zero-order chi connectivity index (χ0) is 13.9. The second-order valence-electron chi connectivity index (χ2n) is 4.67. The summed E-state index contributed by atoms with van der Waals surface area (Å²) >= 11 is 0. The van der Waals surface area contributed by atoms with Crippen molar-refractivity contribution in [2.24, 2.45) is 5.41 Å². The van der Waals surface area contributed by atoms with E-state index in [9.17, 15) is 18.0 Å². The highest BCUT2D eigenvalue weighted by Crippen LogP contribution is 2.43. The number of amides is 1. The number of hydrogen-bond donors (Lipinski definition) is 2. The molecule has 20 heavy (non-hydrogen) atoms. The fourth-order valence-electron chi connectivity index (χ4n) is 2.20. The lowest BCUT2D eigenvalue weighted by molar-refractivity contribution is -0.216. The van der Waals surface area contributed by atoms with E-state index in [1.807, 2.05) is 6.07 Å².